The van der Waals surface area contributed by atoms with E-state index in [4.69, 9.17) is 11.6 Å². The van der Waals surface area contributed by atoms with Gasteiger partial charge in [0.15, 0.2) is 0 Å². The standard InChI is InChI=1S/C13H16BrClN2O/c14-12-7-11(15)4-3-10(12)8-16-9-13(18)17-5-1-2-6-17/h3-4,7,16H,1-2,5-6,8-9H2. The Kier molecular flexibility index (Phi) is 5.03. The molecule has 0 unspecified atom stereocenters. The van der Waals surface area contributed by atoms with Crippen molar-refractivity contribution in [2.45, 2.75) is 19.4 Å². The largest absolute Gasteiger partial charge is 0.342 e. The third kappa shape index (κ3) is 3.70. The lowest BCUT2D eigenvalue weighted by Gasteiger charge is -2.15. The smallest absolute Gasteiger partial charge is 0.236 e. The molecule has 18 heavy (non-hydrogen) atoms. The molecule has 3 nitrogen and oxygen atoms in total. The summed E-state index contributed by atoms with van der Waals surface area (Å²) in [5.41, 5.74) is 1.11. The second-order valence-electron chi connectivity index (χ2n) is 4.43. The Morgan fingerprint density at radius 3 is 2.78 bits per heavy atom. The first-order valence-corrected chi connectivity index (χ1v) is 7.26. The van der Waals surface area contributed by atoms with Gasteiger partial charge in [-0.1, -0.05) is 33.6 Å². The van der Waals surface area contributed by atoms with Crippen molar-refractivity contribution in [3.8, 4) is 0 Å². The van der Waals surface area contributed by atoms with Gasteiger partial charge in [0.05, 0.1) is 6.54 Å². The fourth-order valence-corrected chi connectivity index (χ4v) is 2.87. The van der Waals surface area contributed by atoms with Crippen LogP contribution in [0.15, 0.2) is 22.7 Å². The van der Waals surface area contributed by atoms with Crippen molar-refractivity contribution in [1.82, 2.24) is 10.2 Å². The number of rotatable bonds is 4. The second-order valence-corrected chi connectivity index (χ2v) is 5.72. The van der Waals surface area contributed by atoms with E-state index < -0.39 is 0 Å². The lowest BCUT2D eigenvalue weighted by molar-refractivity contribution is -0.129. The van der Waals surface area contributed by atoms with Crippen LogP contribution in [0.25, 0.3) is 0 Å². The molecular formula is C13H16BrClN2O. The van der Waals surface area contributed by atoms with Gasteiger partial charge < -0.3 is 10.2 Å². The van der Waals surface area contributed by atoms with E-state index in [0.29, 0.717) is 18.1 Å². The van der Waals surface area contributed by atoms with Gasteiger partial charge in [-0.25, -0.2) is 0 Å². The number of hydrogen-bond acceptors (Lipinski definition) is 2. The molecule has 1 saturated heterocycles. The molecule has 0 radical (unpaired) electrons. The summed E-state index contributed by atoms with van der Waals surface area (Å²) in [7, 11) is 0. The average molecular weight is 332 g/mol. The quantitative estimate of drug-likeness (QED) is 0.920. The molecule has 1 fully saturated rings. The van der Waals surface area contributed by atoms with Crippen LogP contribution in [0.4, 0.5) is 0 Å². The number of hydrogen-bond donors (Lipinski definition) is 1. The number of carbonyl (C=O) groups is 1. The topological polar surface area (TPSA) is 32.3 Å². The van der Waals surface area contributed by atoms with Crippen LogP contribution >= 0.6 is 27.5 Å². The monoisotopic (exact) mass is 330 g/mol. The maximum atomic E-state index is 11.8. The summed E-state index contributed by atoms with van der Waals surface area (Å²) < 4.78 is 0.969. The van der Waals surface area contributed by atoms with Crippen molar-refractivity contribution in [3.63, 3.8) is 0 Å². The maximum Gasteiger partial charge on any atom is 0.236 e. The first-order chi connectivity index (χ1) is 8.66. The van der Waals surface area contributed by atoms with E-state index in [1.54, 1.807) is 0 Å². The van der Waals surface area contributed by atoms with Gasteiger partial charge in [-0.2, -0.15) is 0 Å². The van der Waals surface area contributed by atoms with Crippen molar-refractivity contribution in [2.75, 3.05) is 19.6 Å². The fraction of sp³-hybridized carbons (Fsp3) is 0.462. The van der Waals surface area contributed by atoms with Crippen LogP contribution in [0.3, 0.4) is 0 Å². The Morgan fingerprint density at radius 1 is 1.39 bits per heavy atom. The molecule has 0 saturated carbocycles. The van der Waals surface area contributed by atoms with E-state index in [1.165, 1.54) is 0 Å². The Bertz CT molecular complexity index is 433. The van der Waals surface area contributed by atoms with Gasteiger partial charge in [0.25, 0.3) is 0 Å². The summed E-state index contributed by atoms with van der Waals surface area (Å²) in [6, 6.07) is 5.67. The van der Waals surface area contributed by atoms with Crippen molar-refractivity contribution >= 4 is 33.4 Å². The minimum absolute atomic E-state index is 0.192. The van der Waals surface area contributed by atoms with Crippen LogP contribution in [0.2, 0.25) is 5.02 Å². The van der Waals surface area contributed by atoms with Crippen LogP contribution in [-0.4, -0.2) is 30.4 Å². The third-order valence-electron chi connectivity index (χ3n) is 3.07. The number of amides is 1. The Balaban J connectivity index is 1.79. The summed E-state index contributed by atoms with van der Waals surface area (Å²) >= 11 is 9.34. The molecule has 98 valence electrons. The molecule has 1 heterocycles. The zero-order chi connectivity index (χ0) is 13.0. The number of carbonyl (C=O) groups excluding carboxylic acids is 1. The van der Waals surface area contributed by atoms with Gasteiger partial charge in [0.1, 0.15) is 0 Å². The lowest BCUT2D eigenvalue weighted by atomic mass is 10.2. The Labute approximate surface area is 121 Å². The highest BCUT2D eigenvalue weighted by Crippen LogP contribution is 2.21. The highest BCUT2D eigenvalue weighted by atomic mass is 79.9. The van der Waals surface area contributed by atoms with Crippen LogP contribution in [0.1, 0.15) is 18.4 Å². The van der Waals surface area contributed by atoms with Gasteiger partial charge in [0, 0.05) is 29.1 Å². The fourth-order valence-electron chi connectivity index (χ4n) is 2.05. The molecule has 1 aliphatic heterocycles. The lowest BCUT2D eigenvalue weighted by Crippen LogP contribution is -2.36. The first kappa shape index (κ1) is 13.8. The molecule has 0 aromatic heterocycles. The molecule has 1 aliphatic rings. The van der Waals surface area contributed by atoms with Gasteiger partial charge in [-0.15, -0.1) is 0 Å². The van der Waals surface area contributed by atoms with Crippen molar-refractivity contribution in [1.29, 1.82) is 0 Å². The predicted octanol–water partition coefficient (Wildman–Crippen LogP) is 2.81. The molecule has 2 rings (SSSR count). The van der Waals surface area contributed by atoms with Gasteiger partial charge >= 0.3 is 0 Å². The molecular weight excluding hydrogens is 316 g/mol. The van der Waals surface area contributed by atoms with E-state index in [2.05, 4.69) is 21.2 Å². The zero-order valence-electron chi connectivity index (χ0n) is 10.1. The summed E-state index contributed by atoms with van der Waals surface area (Å²) in [6.07, 6.45) is 2.27. The van der Waals surface area contributed by atoms with E-state index in [-0.39, 0.29) is 5.91 Å². The molecule has 1 aromatic carbocycles. The first-order valence-electron chi connectivity index (χ1n) is 6.09. The minimum atomic E-state index is 0.192. The number of nitrogens with zero attached hydrogens (tertiary/aromatic N) is 1. The molecule has 0 aliphatic carbocycles. The molecule has 0 atom stereocenters. The average Bonchev–Trinajstić information content (AvgIpc) is 2.85. The van der Waals surface area contributed by atoms with E-state index in [0.717, 1.165) is 36.0 Å². The highest BCUT2D eigenvalue weighted by Gasteiger charge is 2.16. The van der Waals surface area contributed by atoms with E-state index in [1.807, 2.05) is 23.1 Å². The van der Waals surface area contributed by atoms with Gasteiger partial charge in [-0.3, -0.25) is 4.79 Å². The van der Waals surface area contributed by atoms with Crippen molar-refractivity contribution < 1.29 is 4.79 Å². The summed E-state index contributed by atoms with van der Waals surface area (Å²) in [5.74, 6) is 0.192. The molecule has 5 heteroatoms. The Hall–Kier alpha value is -0.580. The van der Waals surface area contributed by atoms with Crippen LogP contribution in [0, 0.1) is 0 Å². The van der Waals surface area contributed by atoms with Crippen LogP contribution < -0.4 is 5.32 Å². The molecule has 1 aromatic rings. The van der Waals surface area contributed by atoms with Crippen LogP contribution in [0.5, 0.6) is 0 Å². The minimum Gasteiger partial charge on any atom is -0.342 e. The molecule has 0 bridgehead atoms. The second kappa shape index (κ2) is 6.55. The van der Waals surface area contributed by atoms with Gasteiger partial charge in [0.2, 0.25) is 5.91 Å². The van der Waals surface area contributed by atoms with Crippen LogP contribution in [-0.2, 0) is 11.3 Å². The SMILES string of the molecule is O=C(CNCc1ccc(Cl)cc1Br)N1CCCC1. The third-order valence-corrected chi connectivity index (χ3v) is 4.04. The molecule has 1 N–H and O–H groups in total. The normalized spacial score (nSPS) is 15.1. The van der Waals surface area contributed by atoms with Crippen molar-refractivity contribution in [3.05, 3.63) is 33.3 Å². The maximum absolute atomic E-state index is 11.8. The zero-order valence-corrected chi connectivity index (χ0v) is 12.4. The van der Waals surface area contributed by atoms with Crippen molar-refractivity contribution in [2.24, 2.45) is 0 Å². The summed E-state index contributed by atoms with van der Waals surface area (Å²) in [5, 5.41) is 3.88. The molecule has 1 amide bonds. The molecule has 0 spiro atoms. The number of nitrogens with one attached hydrogen (secondary N) is 1. The number of benzene rings is 1. The predicted molar refractivity (Wildman–Crippen MR) is 76.7 cm³/mol. The van der Waals surface area contributed by atoms with E-state index >= 15 is 0 Å². The summed E-state index contributed by atoms with van der Waals surface area (Å²) in [4.78, 5) is 13.7. The highest BCUT2D eigenvalue weighted by molar-refractivity contribution is 9.10. The van der Waals surface area contributed by atoms with Gasteiger partial charge in [-0.05, 0) is 30.5 Å². The van der Waals surface area contributed by atoms with E-state index in [9.17, 15) is 4.79 Å². The number of likely N-dealkylation sites (tertiary alicyclic amines) is 1. The number of halogens is 2. The Morgan fingerprint density at radius 2 is 2.11 bits per heavy atom. The summed E-state index contributed by atoms with van der Waals surface area (Å²) in [6.45, 7) is 2.88.